The Morgan fingerprint density at radius 2 is 1.60 bits per heavy atom. The lowest BCUT2D eigenvalue weighted by Crippen LogP contribution is -2.56. The molecule has 53 heavy (non-hydrogen) atoms. The molecule has 11 heteroatoms. The minimum absolute atomic E-state index is 0.0146. The Bertz CT molecular complexity index is 1460. The molecule has 0 bridgehead atoms. The van der Waals surface area contributed by atoms with E-state index < -0.39 is 60.4 Å². The van der Waals surface area contributed by atoms with Crippen LogP contribution in [-0.2, 0) is 28.6 Å². The third kappa shape index (κ3) is 7.63. The molecule has 0 aromatic heterocycles. The average Bonchev–Trinajstić information content (AvgIpc) is 3.32. The topological polar surface area (TPSA) is 180 Å². The van der Waals surface area contributed by atoms with Crippen LogP contribution in [0.1, 0.15) is 132 Å². The van der Waals surface area contributed by atoms with E-state index in [0.717, 1.165) is 50.5 Å². The van der Waals surface area contributed by atoms with Crippen molar-refractivity contribution in [1.82, 2.24) is 0 Å². The monoisotopic (exact) mass is 746 g/mol. The second kappa shape index (κ2) is 15.0. The molecule has 2 unspecified atom stereocenters. The predicted molar refractivity (Wildman–Crippen MR) is 197 cm³/mol. The van der Waals surface area contributed by atoms with Gasteiger partial charge in [0.15, 0.2) is 0 Å². The number of carbonyl (C=O) groups excluding carboxylic acids is 2. The van der Waals surface area contributed by atoms with E-state index in [1.807, 2.05) is 0 Å². The Labute approximate surface area is 315 Å². The Morgan fingerprint density at radius 3 is 2.25 bits per heavy atom. The molecule has 1 saturated heterocycles. The molecule has 0 aromatic rings. The lowest BCUT2D eigenvalue weighted by Gasteiger charge is -2.62. The number of hydrogen-bond donors (Lipinski definition) is 5. The first-order valence-corrected chi connectivity index (χ1v) is 19.9. The van der Waals surface area contributed by atoms with Gasteiger partial charge in [-0.05, 0) is 105 Å². The summed E-state index contributed by atoms with van der Waals surface area (Å²) in [5, 5.41) is 50.5. The number of carboxylic acid groups (broad SMARTS) is 1. The number of rotatable bonds is 12. The van der Waals surface area contributed by atoms with Crippen LogP contribution >= 0.6 is 0 Å². The molecule has 0 radical (unpaired) electrons. The molecule has 0 aromatic carbocycles. The normalized spacial score (nSPS) is 39.6. The number of hydrogen-bond acceptors (Lipinski definition) is 10. The molecule has 11 nitrogen and oxygen atoms in total. The van der Waals surface area contributed by atoms with Crippen molar-refractivity contribution in [2.24, 2.45) is 45.3 Å². The minimum Gasteiger partial charge on any atom is -0.481 e. The van der Waals surface area contributed by atoms with Crippen molar-refractivity contribution >= 4 is 17.9 Å². The van der Waals surface area contributed by atoms with Crippen molar-refractivity contribution in [3.05, 3.63) is 23.3 Å². The Kier molecular flexibility index (Phi) is 11.8. The maximum atomic E-state index is 14.2. The van der Waals surface area contributed by atoms with E-state index in [9.17, 15) is 34.8 Å². The highest BCUT2D eigenvalue weighted by atomic mass is 16.7. The fourth-order valence-corrected chi connectivity index (χ4v) is 11.7. The van der Waals surface area contributed by atoms with Crippen LogP contribution in [0.15, 0.2) is 23.3 Å². The first kappa shape index (κ1) is 41.8. The van der Waals surface area contributed by atoms with Crippen LogP contribution in [0.3, 0.4) is 0 Å². The maximum absolute atomic E-state index is 14.2. The van der Waals surface area contributed by atoms with Gasteiger partial charge in [-0.3, -0.25) is 14.4 Å². The fourth-order valence-electron chi connectivity index (χ4n) is 11.7. The Morgan fingerprint density at radius 1 is 0.925 bits per heavy atom. The van der Waals surface area contributed by atoms with Gasteiger partial charge >= 0.3 is 17.9 Å². The summed E-state index contributed by atoms with van der Waals surface area (Å²) in [4.78, 5) is 38.4. The highest BCUT2D eigenvalue weighted by Crippen LogP contribution is 2.72. The van der Waals surface area contributed by atoms with Crippen molar-refractivity contribution in [2.45, 2.75) is 169 Å². The van der Waals surface area contributed by atoms with Crippen molar-refractivity contribution in [3.8, 4) is 0 Å². The van der Waals surface area contributed by atoms with E-state index in [-0.39, 0.29) is 58.5 Å². The summed E-state index contributed by atoms with van der Waals surface area (Å²) < 4.78 is 17.4. The summed E-state index contributed by atoms with van der Waals surface area (Å²) in [6.45, 7) is 21.1. The molecule has 5 N–H and O–H groups in total. The van der Waals surface area contributed by atoms with E-state index in [1.54, 1.807) is 0 Å². The zero-order chi connectivity index (χ0) is 39.5. The number of allylic oxidation sites excluding steroid dienone is 3. The summed E-state index contributed by atoms with van der Waals surface area (Å²) in [6.07, 6.45) is 1.35. The van der Waals surface area contributed by atoms with Crippen LogP contribution in [-0.4, -0.2) is 86.4 Å². The summed E-state index contributed by atoms with van der Waals surface area (Å²) in [5.74, 6) is -2.12. The third-order valence-electron chi connectivity index (χ3n) is 15.2. The van der Waals surface area contributed by atoms with Crippen LogP contribution in [0.25, 0.3) is 0 Å². The van der Waals surface area contributed by atoms with Crippen LogP contribution in [0.5, 0.6) is 0 Å². The molecule has 0 amide bonds. The van der Waals surface area contributed by atoms with Crippen LogP contribution < -0.4 is 0 Å². The van der Waals surface area contributed by atoms with Crippen molar-refractivity contribution in [2.75, 3.05) is 6.61 Å². The van der Waals surface area contributed by atoms with Gasteiger partial charge in [-0.1, -0.05) is 71.8 Å². The van der Waals surface area contributed by atoms with Gasteiger partial charge in [0.2, 0.25) is 6.29 Å². The number of carboxylic acids is 1. The van der Waals surface area contributed by atoms with Crippen molar-refractivity contribution in [3.63, 3.8) is 0 Å². The summed E-state index contributed by atoms with van der Waals surface area (Å²) in [5.41, 5.74) is 1.65. The third-order valence-corrected chi connectivity index (χ3v) is 15.2. The first-order chi connectivity index (χ1) is 24.5. The zero-order valence-electron chi connectivity index (χ0n) is 33.3. The van der Waals surface area contributed by atoms with Crippen molar-refractivity contribution < 1.29 is 54.1 Å². The molecule has 3 fully saturated rings. The summed E-state index contributed by atoms with van der Waals surface area (Å²) in [7, 11) is 0. The molecule has 2 saturated carbocycles. The smallest absolute Gasteiger partial charge is 0.311 e. The number of esters is 2. The summed E-state index contributed by atoms with van der Waals surface area (Å²) in [6, 6.07) is 0. The van der Waals surface area contributed by atoms with E-state index in [1.165, 1.54) is 18.1 Å². The van der Waals surface area contributed by atoms with E-state index in [2.05, 4.69) is 55.0 Å². The number of aliphatic carboxylic acids is 1. The average molecular weight is 747 g/mol. The van der Waals surface area contributed by atoms with E-state index >= 15 is 0 Å². The standard InChI is InChI=1S/C42H66O11/c1-23(2)24(3)10-11-25(36(49)53-37-35(48)34(47)29(43)22-51-37)26-14-18-42(9)28-12-13-30-38(4,5)31(52-33(46)21-39(6,50)20-32(44)45)16-17-40(30,7)27(28)15-19-41(26,42)8/h23,25-26,29-31,34-35,37,43,47-48,50H,3,10-22H2,1-2,4-9H3,(H,44,45)/t25-,26-,29-,30?,31-,34+,35-,37-,39?,40-,41-,42+/m1/s1. The molecular weight excluding hydrogens is 680 g/mol. The lowest BCUT2D eigenvalue weighted by atomic mass is 9.43. The molecule has 4 aliphatic carbocycles. The highest BCUT2D eigenvalue weighted by molar-refractivity contribution is 5.74. The van der Waals surface area contributed by atoms with Crippen molar-refractivity contribution in [1.29, 1.82) is 0 Å². The number of aliphatic hydroxyl groups is 4. The molecule has 1 heterocycles. The summed E-state index contributed by atoms with van der Waals surface area (Å²) >= 11 is 0. The zero-order valence-corrected chi connectivity index (χ0v) is 33.3. The van der Waals surface area contributed by atoms with Gasteiger partial charge in [0, 0.05) is 5.41 Å². The Balaban J connectivity index is 1.38. The molecule has 1 aliphatic heterocycles. The number of fused-ring (bicyclic) bond motifs is 4. The second-order valence-electron chi connectivity index (χ2n) is 19.1. The van der Waals surface area contributed by atoms with Gasteiger partial charge in [-0.2, -0.15) is 0 Å². The molecule has 5 aliphatic rings. The number of carbonyl (C=O) groups is 3. The molecule has 300 valence electrons. The SMILES string of the molecule is C=C(CC[C@@H](C(=O)O[C@H]1OC[C@@H](O)[C@H](O)[C@H]1O)[C@H]1CC[C@@]2(C)C3=C(CC[C@]12C)[C@@]1(C)CC[C@@H](OC(=O)CC(C)(O)CC(=O)O)C(C)(C)C1CC3)C(C)C. The van der Waals surface area contributed by atoms with Crippen LogP contribution in [0, 0.1) is 45.3 Å². The predicted octanol–water partition coefficient (Wildman–Crippen LogP) is 5.85. The fraction of sp³-hybridized carbons (Fsp3) is 0.833. The van der Waals surface area contributed by atoms with Gasteiger partial charge in [0.25, 0.3) is 0 Å². The lowest BCUT2D eigenvalue weighted by molar-refractivity contribution is -0.265. The molecule has 5 rings (SSSR count). The number of aliphatic hydroxyl groups excluding tert-OH is 3. The largest absolute Gasteiger partial charge is 0.481 e. The van der Waals surface area contributed by atoms with Gasteiger partial charge in [0.05, 0.1) is 31.0 Å². The second-order valence-corrected chi connectivity index (χ2v) is 19.1. The van der Waals surface area contributed by atoms with Crippen LogP contribution in [0.4, 0.5) is 0 Å². The first-order valence-electron chi connectivity index (χ1n) is 19.9. The van der Waals surface area contributed by atoms with E-state index in [4.69, 9.17) is 19.3 Å². The number of ether oxygens (including phenoxy) is 3. The highest BCUT2D eigenvalue weighted by Gasteiger charge is 2.65. The van der Waals surface area contributed by atoms with Gasteiger partial charge in [-0.25, -0.2) is 0 Å². The minimum atomic E-state index is -1.68. The van der Waals surface area contributed by atoms with Gasteiger partial charge < -0.3 is 39.7 Å². The maximum Gasteiger partial charge on any atom is 0.311 e. The quantitative estimate of drug-likeness (QED) is 0.119. The van der Waals surface area contributed by atoms with Crippen LogP contribution in [0.2, 0.25) is 0 Å². The molecular formula is C42H66O11. The van der Waals surface area contributed by atoms with E-state index in [0.29, 0.717) is 19.3 Å². The molecule has 0 spiro atoms. The van der Waals surface area contributed by atoms with Gasteiger partial charge in [0.1, 0.15) is 24.4 Å². The van der Waals surface area contributed by atoms with Gasteiger partial charge in [-0.15, -0.1) is 0 Å². The Hall–Kier alpha value is -2.31. The molecule has 12 atom stereocenters.